The summed E-state index contributed by atoms with van der Waals surface area (Å²) in [5.74, 6) is 2.61. The Balaban J connectivity index is 1.59. The van der Waals surface area contributed by atoms with E-state index in [2.05, 4.69) is 9.88 Å². The molecule has 0 atom stereocenters. The van der Waals surface area contributed by atoms with Gasteiger partial charge in [-0.05, 0) is 55.5 Å². The van der Waals surface area contributed by atoms with E-state index >= 15 is 0 Å². The summed E-state index contributed by atoms with van der Waals surface area (Å²) in [6, 6.07) is 16.9. The topological polar surface area (TPSA) is 67.4 Å². The van der Waals surface area contributed by atoms with Crippen molar-refractivity contribution in [3.05, 3.63) is 60.2 Å². The molecule has 8 nitrogen and oxygen atoms in total. The molecular formula is C25H26N4O4. The van der Waals surface area contributed by atoms with E-state index in [0.717, 1.165) is 29.2 Å². The number of rotatable bonds is 5. The van der Waals surface area contributed by atoms with Crippen LogP contribution in [0.4, 0.5) is 27.7 Å². The van der Waals surface area contributed by atoms with Crippen molar-refractivity contribution in [2.75, 3.05) is 48.6 Å². The zero-order chi connectivity index (χ0) is 22.9. The van der Waals surface area contributed by atoms with Crippen LogP contribution < -0.4 is 28.9 Å². The minimum absolute atomic E-state index is 0.187. The molecule has 0 spiro atoms. The van der Waals surface area contributed by atoms with Crippen LogP contribution in [0.15, 0.2) is 54.6 Å². The molecule has 0 aliphatic carbocycles. The Morgan fingerprint density at radius 3 is 2.61 bits per heavy atom. The summed E-state index contributed by atoms with van der Waals surface area (Å²) in [5, 5.41) is 0. The van der Waals surface area contributed by atoms with Gasteiger partial charge in [0.1, 0.15) is 23.9 Å². The molecule has 2 aliphatic heterocycles. The number of amides is 2. The average Bonchev–Trinajstić information content (AvgIpc) is 2.84. The number of fused-ring (bicyclic) bond motifs is 2. The number of likely N-dealkylation sites (N-methyl/N-ethyl adjacent to an activating group) is 1. The summed E-state index contributed by atoms with van der Waals surface area (Å²) in [5.41, 5.74) is 3.40. The number of aromatic nitrogens is 1. The minimum Gasteiger partial charge on any atom is -0.497 e. The highest BCUT2D eigenvalue weighted by molar-refractivity contribution is 6.10. The summed E-state index contributed by atoms with van der Waals surface area (Å²) in [4.78, 5) is 24.0. The Morgan fingerprint density at radius 1 is 1.06 bits per heavy atom. The first kappa shape index (κ1) is 20.9. The van der Waals surface area contributed by atoms with Crippen LogP contribution in [-0.2, 0) is 6.54 Å². The van der Waals surface area contributed by atoms with Crippen molar-refractivity contribution in [1.29, 1.82) is 0 Å². The summed E-state index contributed by atoms with van der Waals surface area (Å²) in [7, 11) is 3.64. The molecule has 8 heteroatoms. The molecule has 2 amide bonds. The van der Waals surface area contributed by atoms with Crippen molar-refractivity contribution in [1.82, 2.24) is 4.98 Å². The van der Waals surface area contributed by atoms with Gasteiger partial charge in [0.05, 0.1) is 38.2 Å². The second-order valence-corrected chi connectivity index (χ2v) is 7.89. The fraction of sp³-hybridized carbons (Fsp3) is 0.280. The summed E-state index contributed by atoms with van der Waals surface area (Å²) >= 11 is 0. The summed E-state index contributed by atoms with van der Waals surface area (Å²) in [6.07, 6.45) is 0. The number of benzene rings is 2. The molecule has 0 fully saturated rings. The van der Waals surface area contributed by atoms with Crippen molar-refractivity contribution in [2.45, 2.75) is 13.5 Å². The van der Waals surface area contributed by atoms with Crippen molar-refractivity contribution < 1.29 is 19.0 Å². The maximum absolute atomic E-state index is 13.9. The number of nitrogens with zero attached hydrogens (tertiary/aromatic N) is 4. The van der Waals surface area contributed by atoms with Gasteiger partial charge >= 0.3 is 6.03 Å². The van der Waals surface area contributed by atoms with Gasteiger partial charge in [0.2, 0.25) is 5.88 Å². The predicted molar refractivity (Wildman–Crippen MR) is 127 cm³/mol. The minimum atomic E-state index is -0.187. The average molecular weight is 447 g/mol. The fourth-order valence-electron chi connectivity index (χ4n) is 4.13. The van der Waals surface area contributed by atoms with Gasteiger partial charge in [-0.2, -0.15) is 4.98 Å². The lowest BCUT2D eigenvalue weighted by atomic mass is 10.1. The fourth-order valence-corrected chi connectivity index (χ4v) is 4.13. The lowest BCUT2D eigenvalue weighted by Gasteiger charge is -2.37. The normalized spacial score (nSPS) is 15.0. The number of carbonyl (C=O) groups excluding carboxylic acids is 1. The standard InChI is InChI=1S/C25H26N4O4/c1-4-32-23-12-5-17-16-28(19-8-11-22-21(15-19)27(2)13-14-33-22)25(30)29(24(17)26-23)18-6-9-20(31-3)10-7-18/h5-12,15H,4,13-14,16H2,1-3H3. The molecule has 3 heterocycles. The summed E-state index contributed by atoms with van der Waals surface area (Å²) < 4.78 is 16.7. The van der Waals surface area contributed by atoms with Gasteiger partial charge in [-0.25, -0.2) is 9.69 Å². The van der Waals surface area contributed by atoms with E-state index in [-0.39, 0.29) is 6.03 Å². The van der Waals surface area contributed by atoms with E-state index in [0.29, 0.717) is 42.9 Å². The van der Waals surface area contributed by atoms with Crippen LogP contribution in [0.3, 0.4) is 0 Å². The Labute approximate surface area is 192 Å². The number of urea groups is 1. The number of ether oxygens (including phenoxy) is 3. The molecule has 2 aromatic carbocycles. The molecule has 1 aromatic heterocycles. The summed E-state index contributed by atoms with van der Waals surface area (Å²) in [6.45, 7) is 4.27. The Morgan fingerprint density at radius 2 is 1.85 bits per heavy atom. The molecule has 0 unspecified atom stereocenters. The third-order valence-electron chi connectivity index (χ3n) is 5.87. The van der Waals surface area contributed by atoms with Crippen molar-refractivity contribution in [3.63, 3.8) is 0 Å². The maximum Gasteiger partial charge on any atom is 0.335 e. The van der Waals surface area contributed by atoms with E-state index < -0.39 is 0 Å². The Hall–Kier alpha value is -3.94. The van der Waals surface area contributed by atoms with Crippen molar-refractivity contribution >= 4 is 28.9 Å². The molecular weight excluding hydrogens is 420 g/mol. The Bertz CT molecular complexity index is 1180. The van der Waals surface area contributed by atoms with Gasteiger partial charge in [0.25, 0.3) is 0 Å². The molecule has 3 aromatic rings. The highest BCUT2D eigenvalue weighted by Crippen LogP contribution is 2.40. The zero-order valence-corrected chi connectivity index (χ0v) is 18.9. The van der Waals surface area contributed by atoms with E-state index in [1.54, 1.807) is 16.9 Å². The molecule has 0 saturated carbocycles. The van der Waals surface area contributed by atoms with Gasteiger partial charge in [-0.15, -0.1) is 0 Å². The van der Waals surface area contributed by atoms with Gasteiger partial charge in [-0.3, -0.25) is 4.90 Å². The lowest BCUT2D eigenvalue weighted by Crippen LogP contribution is -2.45. The largest absolute Gasteiger partial charge is 0.497 e. The third-order valence-corrected chi connectivity index (χ3v) is 5.87. The zero-order valence-electron chi connectivity index (χ0n) is 18.9. The number of hydrogen-bond acceptors (Lipinski definition) is 6. The van der Waals surface area contributed by atoms with Crippen molar-refractivity contribution in [3.8, 4) is 17.4 Å². The van der Waals surface area contributed by atoms with Gasteiger partial charge in [0, 0.05) is 24.4 Å². The van der Waals surface area contributed by atoms with E-state index in [1.165, 1.54) is 0 Å². The van der Waals surface area contributed by atoms with Gasteiger partial charge < -0.3 is 19.1 Å². The Kier molecular flexibility index (Phi) is 5.42. The lowest BCUT2D eigenvalue weighted by molar-refractivity contribution is 0.252. The van der Waals surface area contributed by atoms with Crippen LogP contribution >= 0.6 is 0 Å². The molecule has 2 aliphatic rings. The van der Waals surface area contributed by atoms with Crippen LogP contribution in [-0.4, -0.2) is 44.9 Å². The van der Waals surface area contributed by atoms with E-state index in [4.69, 9.17) is 14.2 Å². The second kappa shape index (κ2) is 8.54. The molecule has 0 saturated heterocycles. The number of methoxy groups -OCH3 is 1. The molecule has 5 rings (SSSR count). The highest BCUT2D eigenvalue weighted by Gasteiger charge is 2.34. The molecule has 0 bridgehead atoms. The molecule has 0 N–H and O–H groups in total. The second-order valence-electron chi connectivity index (χ2n) is 7.89. The quantitative estimate of drug-likeness (QED) is 0.571. The van der Waals surface area contributed by atoms with Crippen molar-refractivity contribution in [2.24, 2.45) is 0 Å². The van der Waals surface area contributed by atoms with Gasteiger partial charge in [-0.1, -0.05) is 0 Å². The van der Waals surface area contributed by atoms with Crippen LogP contribution in [0.2, 0.25) is 0 Å². The smallest absolute Gasteiger partial charge is 0.335 e. The first-order valence-corrected chi connectivity index (χ1v) is 11.0. The van der Waals surface area contributed by atoms with Gasteiger partial charge in [0.15, 0.2) is 0 Å². The number of pyridine rings is 1. The van der Waals surface area contributed by atoms with Crippen LogP contribution in [0.1, 0.15) is 12.5 Å². The first-order valence-electron chi connectivity index (χ1n) is 11.0. The SMILES string of the molecule is CCOc1ccc2c(n1)N(c1ccc(OC)cc1)C(=O)N(c1ccc3c(c1)N(C)CCO3)C2. The van der Waals surface area contributed by atoms with Crippen LogP contribution in [0.5, 0.6) is 17.4 Å². The van der Waals surface area contributed by atoms with Crippen LogP contribution in [0.25, 0.3) is 0 Å². The highest BCUT2D eigenvalue weighted by atomic mass is 16.5. The number of hydrogen-bond donors (Lipinski definition) is 0. The van der Waals surface area contributed by atoms with E-state index in [9.17, 15) is 4.79 Å². The first-order chi connectivity index (χ1) is 16.1. The van der Waals surface area contributed by atoms with Crippen LogP contribution in [0, 0.1) is 0 Å². The number of anilines is 4. The molecule has 33 heavy (non-hydrogen) atoms. The third kappa shape index (κ3) is 3.77. The predicted octanol–water partition coefficient (Wildman–Crippen LogP) is 4.60. The van der Waals surface area contributed by atoms with E-state index in [1.807, 2.05) is 68.6 Å². The number of carbonyl (C=O) groups is 1. The molecule has 170 valence electrons. The monoisotopic (exact) mass is 446 g/mol. The molecule has 0 radical (unpaired) electrons. The maximum atomic E-state index is 13.9.